The molecule has 2 heterocycles. The van der Waals surface area contributed by atoms with Crippen LogP contribution < -0.4 is 10.1 Å². The van der Waals surface area contributed by atoms with Gasteiger partial charge in [-0.2, -0.15) is 4.98 Å². The van der Waals surface area contributed by atoms with E-state index in [1.54, 1.807) is 41.2 Å². The van der Waals surface area contributed by atoms with Gasteiger partial charge in [0.2, 0.25) is 17.7 Å². The van der Waals surface area contributed by atoms with Crippen molar-refractivity contribution in [2.24, 2.45) is 0 Å². The summed E-state index contributed by atoms with van der Waals surface area (Å²) < 4.78 is 10.7. The van der Waals surface area contributed by atoms with Crippen molar-refractivity contribution in [3.8, 4) is 5.75 Å². The number of benzene rings is 1. The molecule has 0 radical (unpaired) electrons. The van der Waals surface area contributed by atoms with Crippen molar-refractivity contribution < 1.29 is 23.6 Å². The Labute approximate surface area is 211 Å². The molecule has 36 heavy (non-hydrogen) atoms. The van der Waals surface area contributed by atoms with Crippen molar-refractivity contribution in [1.82, 2.24) is 25.3 Å². The summed E-state index contributed by atoms with van der Waals surface area (Å²) in [5, 5.41) is 7.26. The van der Waals surface area contributed by atoms with Gasteiger partial charge in [0.15, 0.2) is 5.82 Å². The van der Waals surface area contributed by atoms with Gasteiger partial charge in [-0.05, 0) is 31.0 Å². The summed E-state index contributed by atoms with van der Waals surface area (Å²) in [5.41, 5.74) is -0.0215. The van der Waals surface area contributed by atoms with Crippen LogP contribution in [0.25, 0.3) is 0 Å². The zero-order valence-electron chi connectivity index (χ0n) is 21.1. The van der Waals surface area contributed by atoms with Crippen LogP contribution in [0.3, 0.4) is 0 Å². The van der Waals surface area contributed by atoms with Gasteiger partial charge in [0, 0.05) is 51.5 Å². The molecular formula is C26H35N5O5. The number of piperazine rings is 1. The second kappa shape index (κ2) is 11.5. The van der Waals surface area contributed by atoms with Crippen LogP contribution in [-0.2, 0) is 21.5 Å². The maximum Gasteiger partial charge on any atom is 0.254 e. The third-order valence-electron chi connectivity index (χ3n) is 7.06. The predicted molar refractivity (Wildman–Crippen MR) is 131 cm³/mol. The minimum Gasteiger partial charge on any atom is -0.497 e. The van der Waals surface area contributed by atoms with Crippen LogP contribution >= 0.6 is 0 Å². The summed E-state index contributed by atoms with van der Waals surface area (Å²) in [6.07, 6.45) is 6.39. The molecule has 1 aromatic carbocycles. The van der Waals surface area contributed by atoms with E-state index in [0.717, 1.165) is 38.5 Å². The number of carbonyl (C=O) groups excluding carboxylic acids is 3. The smallest absolute Gasteiger partial charge is 0.254 e. The molecule has 1 aromatic heterocycles. The molecule has 4 rings (SSSR count). The average Bonchev–Trinajstić information content (AvgIpc) is 3.26. The van der Waals surface area contributed by atoms with E-state index in [9.17, 15) is 14.4 Å². The first-order valence-corrected chi connectivity index (χ1v) is 12.7. The van der Waals surface area contributed by atoms with Crippen molar-refractivity contribution >= 4 is 17.7 Å². The van der Waals surface area contributed by atoms with Crippen molar-refractivity contribution in [2.75, 3.05) is 33.3 Å². The quantitative estimate of drug-likeness (QED) is 0.584. The largest absolute Gasteiger partial charge is 0.497 e. The second-order valence-electron chi connectivity index (χ2n) is 9.59. The molecule has 1 saturated carbocycles. The first kappa shape index (κ1) is 25.7. The van der Waals surface area contributed by atoms with E-state index in [1.165, 1.54) is 6.92 Å². The number of aryl methyl sites for hydroxylation is 1. The zero-order valence-corrected chi connectivity index (χ0v) is 21.1. The van der Waals surface area contributed by atoms with E-state index in [-0.39, 0.29) is 24.1 Å². The first-order valence-electron chi connectivity index (χ1n) is 12.7. The molecule has 1 aliphatic heterocycles. The maximum atomic E-state index is 12.8. The van der Waals surface area contributed by atoms with Gasteiger partial charge in [0.05, 0.1) is 7.11 Å². The van der Waals surface area contributed by atoms with Crippen LogP contribution in [0.2, 0.25) is 0 Å². The van der Waals surface area contributed by atoms with Crippen molar-refractivity contribution in [3.63, 3.8) is 0 Å². The molecule has 0 bridgehead atoms. The molecule has 1 N–H and O–H groups in total. The molecule has 10 heteroatoms. The molecule has 194 valence electrons. The first-order chi connectivity index (χ1) is 17.4. The Bertz CT molecular complexity index is 1070. The van der Waals surface area contributed by atoms with Crippen LogP contribution in [0.1, 0.15) is 73.9 Å². The number of carbonyl (C=O) groups is 3. The van der Waals surface area contributed by atoms with Crippen molar-refractivity contribution in [3.05, 3.63) is 41.5 Å². The van der Waals surface area contributed by atoms with Gasteiger partial charge in [-0.15, -0.1) is 0 Å². The summed E-state index contributed by atoms with van der Waals surface area (Å²) in [4.78, 5) is 45.6. The summed E-state index contributed by atoms with van der Waals surface area (Å²) in [7, 11) is 1.57. The Kier molecular flexibility index (Phi) is 8.22. The SMILES string of the molecule is COc1cccc(C(=O)N2CCN(C(=O)CCc3nc(C4(NC(C)=O)CCCCCC4)no3)CC2)c1. The fourth-order valence-electron chi connectivity index (χ4n) is 5.09. The Balaban J connectivity index is 1.30. The van der Waals surface area contributed by atoms with Crippen LogP contribution in [-0.4, -0.2) is 71.0 Å². The number of amides is 3. The minimum atomic E-state index is -0.597. The number of nitrogens with one attached hydrogen (secondary N) is 1. The number of rotatable bonds is 7. The molecule has 1 aliphatic carbocycles. The highest BCUT2D eigenvalue weighted by molar-refractivity contribution is 5.94. The molecule has 0 atom stereocenters. The zero-order chi connectivity index (χ0) is 25.5. The third kappa shape index (κ3) is 6.03. The lowest BCUT2D eigenvalue weighted by molar-refractivity contribution is -0.132. The van der Waals surface area contributed by atoms with Crippen molar-refractivity contribution in [2.45, 2.75) is 63.8 Å². The average molecular weight is 498 g/mol. The fourth-order valence-corrected chi connectivity index (χ4v) is 5.09. The number of aromatic nitrogens is 2. The van der Waals surface area contributed by atoms with Gasteiger partial charge >= 0.3 is 0 Å². The van der Waals surface area contributed by atoms with Crippen LogP contribution in [0.5, 0.6) is 5.75 Å². The summed E-state index contributed by atoms with van der Waals surface area (Å²) in [5.74, 6) is 1.37. The molecule has 2 fully saturated rings. The minimum absolute atomic E-state index is 0.00531. The topological polar surface area (TPSA) is 118 Å². The lowest BCUT2D eigenvalue weighted by Gasteiger charge is -2.34. The number of hydrogen-bond donors (Lipinski definition) is 1. The van der Waals surface area contributed by atoms with Gasteiger partial charge in [-0.1, -0.05) is 36.9 Å². The predicted octanol–water partition coefficient (Wildman–Crippen LogP) is 2.68. The molecule has 10 nitrogen and oxygen atoms in total. The summed E-state index contributed by atoms with van der Waals surface area (Å²) >= 11 is 0. The van der Waals surface area contributed by atoms with E-state index in [4.69, 9.17) is 9.26 Å². The molecule has 2 aromatic rings. The van der Waals surface area contributed by atoms with E-state index in [1.807, 2.05) is 0 Å². The number of methoxy groups -OCH3 is 1. The molecule has 0 spiro atoms. The molecular weight excluding hydrogens is 462 g/mol. The van der Waals surface area contributed by atoms with E-state index in [2.05, 4.69) is 15.5 Å². The van der Waals surface area contributed by atoms with Crippen LogP contribution in [0.15, 0.2) is 28.8 Å². The van der Waals surface area contributed by atoms with Crippen molar-refractivity contribution in [1.29, 1.82) is 0 Å². The molecule has 2 aliphatic rings. The summed E-state index contributed by atoms with van der Waals surface area (Å²) in [6, 6.07) is 7.09. The number of hydrogen-bond acceptors (Lipinski definition) is 7. The maximum absolute atomic E-state index is 12.8. The monoisotopic (exact) mass is 497 g/mol. The Morgan fingerprint density at radius 1 is 1.06 bits per heavy atom. The summed E-state index contributed by atoms with van der Waals surface area (Å²) in [6.45, 7) is 3.43. The van der Waals surface area contributed by atoms with Gasteiger partial charge in [-0.25, -0.2) is 0 Å². The second-order valence-corrected chi connectivity index (χ2v) is 9.59. The molecule has 3 amide bonds. The van der Waals surface area contributed by atoms with Crippen LogP contribution in [0.4, 0.5) is 0 Å². The Morgan fingerprint density at radius 3 is 2.42 bits per heavy atom. The van der Waals surface area contributed by atoms with Gasteiger partial charge in [-0.3, -0.25) is 14.4 Å². The van der Waals surface area contributed by atoms with E-state index >= 15 is 0 Å². The highest BCUT2D eigenvalue weighted by Gasteiger charge is 2.38. The Morgan fingerprint density at radius 2 is 1.75 bits per heavy atom. The fraction of sp³-hybridized carbons (Fsp3) is 0.577. The lowest BCUT2D eigenvalue weighted by atomic mass is 9.89. The number of nitrogens with zero attached hydrogens (tertiary/aromatic N) is 4. The number of ether oxygens (including phenoxy) is 1. The lowest BCUT2D eigenvalue weighted by Crippen LogP contribution is -2.50. The highest BCUT2D eigenvalue weighted by atomic mass is 16.5. The van der Waals surface area contributed by atoms with Gasteiger partial charge in [0.25, 0.3) is 5.91 Å². The van der Waals surface area contributed by atoms with Gasteiger partial charge in [0.1, 0.15) is 11.3 Å². The Hall–Kier alpha value is -3.43. The van der Waals surface area contributed by atoms with Gasteiger partial charge < -0.3 is 24.4 Å². The highest BCUT2D eigenvalue weighted by Crippen LogP contribution is 2.34. The molecule has 0 unspecified atom stereocenters. The standard InChI is InChI=1S/C26H35N5O5/c1-19(32)28-26(12-5-3-4-6-13-26)25-27-22(36-29-25)10-11-23(33)30-14-16-31(17-15-30)24(34)20-8-7-9-21(18-20)35-2/h7-9,18H,3-6,10-17H2,1-2H3,(H,28,32). The van der Waals surface area contributed by atoms with E-state index < -0.39 is 5.54 Å². The van der Waals surface area contributed by atoms with Crippen LogP contribution in [0, 0.1) is 0 Å². The van der Waals surface area contributed by atoms with E-state index in [0.29, 0.717) is 55.6 Å². The normalized spacial score (nSPS) is 17.8. The molecule has 1 saturated heterocycles. The third-order valence-corrected chi connectivity index (χ3v) is 7.06.